The lowest BCUT2D eigenvalue weighted by molar-refractivity contribution is 0.102. The Morgan fingerprint density at radius 1 is 1.47 bits per heavy atom. The molecule has 0 unspecified atom stereocenters. The second-order valence-corrected chi connectivity index (χ2v) is 4.03. The SMILES string of the molecule is NCC#Cc1ccc(Cl)c(NC(=O)c2ccn[nH]2)c1. The van der Waals surface area contributed by atoms with E-state index in [4.69, 9.17) is 17.3 Å². The van der Waals surface area contributed by atoms with Gasteiger partial charge < -0.3 is 11.1 Å². The largest absolute Gasteiger partial charge is 0.320 e. The van der Waals surface area contributed by atoms with Crippen LogP contribution >= 0.6 is 11.6 Å². The Kier molecular flexibility index (Phi) is 4.18. The summed E-state index contributed by atoms with van der Waals surface area (Å²) < 4.78 is 0. The molecule has 0 aliphatic rings. The number of aromatic amines is 1. The highest BCUT2D eigenvalue weighted by Gasteiger charge is 2.09. The van der Waals surface area contributed by atoms with Crippen LogP contribution in [-0.4, -0.2) is 22.6 Å². The number of hydrogen-bond acceptors (Lipinski definition) is 3. The quantitative estimate of drug-likeness (QED) is 0.728. The minimum absolute atomic E-state index is 0.276. The van der Waals surface area contributed by atoms with Gasteiger partial charge in [0.15, 0.2) is 0 Å². The number of nitrogens with zero attached hydrogens (tertiary/aromatic N) is 1. The molecule has 6 heteroatoms. The normalized spacial score (nSPS) is 9.58. The van der Waals surface area contributed by atoms with Crippen LogP contribution in [0.25, 0.3) is 0 Å². The lowest BCUT2D eigenvalue weighted by atomic mass is 10.2. The molecule has 1 aromatic carbocycles. The van der Waals surface area contributed by atoms with E-state index < -0.39 is 0 Å². The molecule has 0 saturated heterocycles. The van der Waals surface area contributed by atoms with E-state index in [1.807, 2.05) is 0 Å². The van der Waals surface area contributed by atoms with Crippen LogP contribution in [0.4, 0.5) is 5.69 Å². The van der Waals surface area contributed by atoms with Crippen molar-refractivity contribution >= 4 is 23.2 Å². The molecule has 1 aromatic heterocycles. The second-order valence-electron chi connectivity index (χ2n) is 3.62. The van der Waals surface area contributed by atoms with Gasteiger partial charge in [0.25, 0.3) is 5.91 Å². The number of hydrogen-bond donors (Lipinski definition) is 3. The smallest absolute Gasteiger partial charge is 0.273 e. The summed E-state index contributed by atoms with van der Waals surface area (Å²) in [4.78, 5) is 11.9. The molecule has 0 fully saturated rings. The summed E-state index contributed by atoms with van der Waals surface area (Å²) in [6.45, 7) is 0.276. The van der Waals surface area contributed by atoms with Crippen LogP contribution in [0.2, 0.25) is 5.02 Å². The van der Waals surface area contributed by atoms with Crippen molar-refractivity contribution in [2.75, 3.05) is 11.9 Å². The van der Waals surface area contributed by atoms with Gasteiger partial charge in [0.1, 0.15) is 5.69 Å². The fourth-order valence-corrected chi connectivity index (χ4v) is 1.59. The topological polar surface area (TPSA) is 83.8 Å². The molecular formula is C13H11ClN4O. The number of H-pyrrole nitrogens is 1. The highest BCUT2D eigenvalue weighted by atomic mass is 35.5. The first-order valence-electron chi connectivity index (χ1n) is 5.50. The second kappa shape index (κ2) is 6.05. The van der Waals surface area contributed by atoms with E-state index in [0.29, 0.717) is 16.4 Å². The average Bonchev–Trinajstić information content (AvgIpc) is 2.93. The third kappa shape index (κ3) is 3.35. The lowest BCUT2D eigenvalue weighted by Gasteiger charge is -2.06. The van der Waals surface area contributed by atoms with Crippen molar-refractivity contribution in [2.24, 2.45) is 5.73 Å². The van der Waals surface area contributed by atoms with Crippen molar-refractivity contribution in [3.63, 3.8) is 0 Å². The minimum atomic E-state index is -0.316. The standard InChI is InChI=1S/C13H11ClN4O/c14-10-4-3-9(2-1-6-15)8-12(10)17-13(19)11-5-7-16-18-11/h3-5,7-8H,6,15H2,(H,16,18)(H,17,19). The number of nitrogens with two attached hydrogens (primary N) is 1. The molecule has 96 valence electrons. The first kappa shape index (κ1) is 13.1. The molecule has 0 aliphatic heterocycles. The first-order chi connectivity index (χ1) is 9.20. The van der Waals surface area contributed by atoms with E-state index in [1.54, 1.807) is 24.3 Å². The summed E-state index contributed by atoms with van der Waals surface area (Å²) >= 11 is 6.02. The molecule has 5 nitrogen and oxygen atoms in total. The van der Waals surface area contributed by atoms with Gasteiger partial charge in [0, 0.05) is 11.8 Å². The molecule has 4 N–H and O–H groups in total. The summed E-state index contributed by atoms with van der Waals surface area (Å²) in [5.41, 5.74) is 6.89. The number of carbonyl (C=O) groups is 1. The van der Waals surface area contributed by atoms with Crippen molar-refractivity contribution < 1.29 is 4.79 Å². The Hall–Kier alpha value is -2.29. The number of benzene rings is 1. The molecule has 0 aliphatic carbocycles. The van der Waals surface area contributed by atoms with Gasteiger partial charge >= 0.3 is 0 Å². The third-order valence-corrected chi connectivity index (χ3v) is 2.62. The maximum Gasteiger partial charge on any atom is 0.273 e. The van der Waals surface area contributed by atoms with Gasteiger partial charge in [-0.05, 0) is 24.3 Å². The van der Waals surface area contributed by atoms with Gasteiger partial charge in [-0.25, -0.2) is 0 Å². The predicted molar refractivity (Wildman–Crippen MR) is 73.9 cm³/mol. The molecule has 0 spiro atoms. The molecule has 0 bridgehead atoms. The number of aromatic nitrogens is 2. The molecule has 2 aromatic rings. The van der Waals surface area contributed by atoms with Crippen molar-refractivity contribution in [1.82, 2.24) is 10.2 Å². The first-order valence-corrected chi connectivity index (χ1v) is 5.87. The van der Waals surface area contributed by atoms with Crippen LogP contribution in [-0.2, 0) is 0 Å². The summed E-state index contributed by atoms with van der Waals surface area (Å²) in [5.74, 6) is 5.30. The highest BCUT2D eigenvalue weighted by molar-refractivity contribution is 6.33. The summed E-state index contributed by atoms with van der Waals surface area (Å²) in [5, 5.41) is 9.41. The van der Waals surface area contributed by atoms with Crippen LogP contribution in [0, 0.1) is 11.8 Å². The lowest BCUT2D eigenvalue weighted by Crippen LogP contribution is -2.12. The fraction of sp³-hybridized carbons (Fsp3) is 0.0769. The molecule has 0 atom stereocenters. The zero-order valence-electron chi connectivity index (χ0n) is 9.90. The van der Waals surface area contributed by atoms with Crippen molar-refractivity contribution in [1.29, 1.82) is 0 Å². The predicted octanol–water partition coefficient (Wildman–Crippen LogP) is 1.63. The molecule has 0 radical (unpaired) electrons. The van der Waals surface area contributed by atoms with Gasteiger partial charge in [-0.15, -0.1) is 0 Å². The summed E-state index contributed by atoms with van der Waals surface area (Å²) in [7, 11) is 0. The van der Waals surface area contributed by atoms with Gasteiger partial charge in [0.2, 0.25) is 0 Å². The Labute approximate surface area is 115 Å². The number of anilines is 1. The van der Waals surface area contributed by atoms with Crippen molar-refractivity contribution in [3.8, 4) is 11.8 Å². The fourth-order valence-electron chi connectivity index (χ4n) is 1.42. The van der Waals surface area contributed by atoms with Crippen LogP contribution in [0.3, 0.4) is 0 Å². The number of halogens is 1. The van der Waals surface area contributed by atoms with Crippen molar-refractivity contribution in [2.45, 2.75) is 0 Å². The molecule has 2 rings (SSSR count). The Bertz CT molecular complexity index is 640. The van der Waals surface area contributed by atoms with Gasteiger partial charge in [-0.1, -0.05) is 23.4 Å². The van der Waals surface area contributed by atoms with Crippen LogP contribution < -0.4 is 11.1 Å². The summed E-state index contributed by atoms with van der Waals surface area (Å²) in [6, 6.07) is 6.70. The maximum atomic E-state index is 11.9. The van der Waals surface area contributed by atoms with Gasteiger partial charge in [-0.3, -0.25) is 9.89 Å². The third-order valence-electron chi connectivity index (χ3n) is 2.29. The Morgan fingerprint density at radius 2 is 2.32 bits per heavy atom. The Balaban J connectivity index is 2.22. The van der Waals surface area contributed by atoms with Crippen LogP contribution in [0.1, 0.15) is 16.1 Å². The van der Waals surface area contributed by atoms with Crippen molar-refractivity contribution in [3.05, 3.63) is 46.7 Å². The average molecular weight is 275 g/mol. The number of carbonyl (C=O) groups excluding carboxylic acids is 1. The van der Waals surface area contributed by atoms with E-state index in [0.717, 1.165) is 5.56 Å². The van der Waals surface area contributed by atoms with Gasteiger partial charge in [-0.2, -0.15) is 5.10 Å². The van der Waals surface area contributed by atoms with E-state index in [1.165, 1.54) is 6.20 Å². The minimum Gasteiger partial charge on any atom is -0.320 e. The maximum absolute atomic E-state index is 11.9. The molecule has 1 heterocycles. The van der Waals surface area contributed by atoms with Gasteiger partial charge in [0.05, 0.1) is 17.3 Å². The zero-order valence-corrected chi connectivity index (χ0v) is 10.7. The van der Waals surface area contributed by atoms with Crippen LogP contribution in [0.15, 0.2) is 30.5 Å². The van der Waals surface area contributed by atoms with Crippen LogP contribution in [0.5, 0.6) is 0 Å². The number of nitrogens with one attached hydrogen (secondary N) is 2. The zero-order chi connectivity index (χ0) is 13.7. The number of amides is 1. The monoisotopic (exact) mass is 274 g/mol. The molecule has 1 amide bonds. The molecule has 0 saturated carbocycles. The molecule has 19 heavy (non-hydrogen) atoms. The van der Waals surface area contributed by atoms with E-state index in [-0.39, 0.29) is 12.5 Å². The summed E-state index contributed by atoms with van der Waals surface area (Å²) in [6.07, 6.45) is 1.50. The highest BCUT2D eigenvalue weighted by Crippen LogP contribution is 2.23. The van der Waals surface area contributed by atoms with E-state index in [9.17, 15) is 4.79 Å². The van der Waals surface area contributed by atoms with E-state index in [2.05, 4.69) is 27.4 Å². The Morgan fingerprint density at radius 3 is 3.00 bits per heavy atom. The van der Waals surface area contributed by atoms with E-state index >= 15 is 0 Å². The number of rotatable bonds is 2. The molecular weight excluding hydrogens is 264 g/mol.